The van der Waals surface area contributed by atoms with Gasteiger partial charge >= 0.3 is 0 Å². The van der Waals surface area contributed by atoms with E-state index in [1.54, 1.807) is 31.2 Å². The lowest BCUT2D eigenvalue weighted by molar-refractivity contribution is -0.115. The summed E-state index contributed by atoms with van der Waals surface area (Å²) in [6.45, 7) is 9.41. The van der Waals surface area contributed by atoms with Crippen molar-refractivity contribution in [2.45, 2.75) is 38.1 Å². The van der Waals surface area contributed by atoms with E-state index in [0.29, 0.717) is 5.56 Å². The van der Waals surface area contributed by atoms with E-state index >= 15 is 0 Å². The molecule has 0 aromatic heterocycles. The van der Waals surface area contributed by atoms with Crippen LogP contribution in [0.5, 0.6) is 0 Å². The van der Waals surface area contributed by atoms with Crippen LogP contribution in [0.2, 0.25) is 0 Å². The molecule has 1 atom stereocenters. The smallest absolute Gasteiger partial charge is 0.241 e. The molecule has 132 valence electrons. The average molecular weight is 357 g/mol. The molecule has 0 spiro atoms. The lowest BCUT2D eigenvalue weighted by Crippen LogP contribution is -2.31. The van der Waals surface area contributed by atoms with Gasteiger partial charge in [-0.1, -0.05) is 61.0 Å². The molecule has 0 saturated carbocycles. The summed E-state index contributed by atoms with van der Waals surface area (Å²) in [5.74, 6) is -0.169. The first kappa shape index (κ1) is 19.1. The van der Waals surface area contributed by atoms with E-state index in [1.807, 2.05) is 38.1 Å². The van der Waals surface area contributed by atoms with Crippen LogP contribution in [0.25, 0.3) is 0 Å². The Morgan fingerprint density at radius 1 is 1.00 bits per heavy atom. The van der Waals surface area contributed by atoms with Gasteiger partial charge in [0.05, 0.1) is 10.9 Å². The van der Waals surface area contributed by atoms with Gasteiger partial charge in [-0.2, -0.15) is 4.72 Å². The molecule has 2 aromatic carbocycles. The highest BCUT2D eigenvalue weighted by Crippen LogP contribution is 2.25. The van der Waals surface area contributed by atoms with Gasteiger partial charge < -0.3 is 0 Å². The van der Waals surface area contributed by atoms with Crippen LogP contribution in [0.15, 0.2) is 65.6 Å². The van der Waals surface area contributed by atoms with E-state index in [0.717, 1.165) is 11.1 Å². The van der Waals surface area contributed by atoms with Crippen molar-refractivity contribution >= 4 is 15.8 Å². The Balaban J connectivity index is 2.41. The van der Waals surface area contributed by atoms with Gasteiger partial charge in [0.1, 0.15) is 0 Å². The quantitative estimate of drug-likeness (QED) is 0.765. The predicted octanol–water partition coefficient (Wildman–Crippen LogP) is 3.86. The van der Waals surface area contributed by atoms with E-state index in [2.05, 4.69) is 11.3 Å². The number of benzene rings is 2. The average Bonchev–Trinajstić information content (AvgIpc) is 2.59. The van der Waals surface area contributed by atoms with Gasteiger partial charge in [0.15, 0.2) is 5.78 Å². The Hall–Kier alpha value is -2.24. The molecule has 0 amide bonds. The number of carbonyl (C=O) groups is 1. The monoisotopic (exact) mass is 357 g/mol. The minimum atomic E-state index is -3.78. The molecule has 0 bridgehead atoms. The number of Topliss-reactive ketones (excluding diaryl/α,β-unsaturated/α-hetero) is 1. The summed E-state index contributed by atoms with van der Waals surface area (Å²) in [5.41, 5.74) is 2.95. The number of carbonyl (C=O) groups excluding carboxylic acids is 1. The molecule has 25 heavy (non-hydrogen) atoms. The minimum absolute atomic E-state index is 0.159. The third kappa shape index (κ3) is 4.65. The maximum Gasteiger partial charge on any atom is 0.241 e. The van der Waals surface area contributed by atoms with Crippen molar-refractivity contribution in [3.05, 3.63) is 77.4 Å². The SMILES string of the molecule is C=C(C(=O)CC)C(NS(=O)(=O)c1ccc(C)cc1)c1ccc(C)cc1. The highest BCUT2D eigenvalue weighted by atomic mass is 32.2. The Labute approximate surface area is 149 Å². The van der Waals surface area contributed by atoms with Gasteiger partial charge in [-0.05, 0) is 31.5 Å². The number of hydrogen-bond donors (Lipinski definition) is 1. The van der Waals surface area contributed by atoms with Crippen LogP contribution in [-0.4, -0.2) is 14.2 Å². The van der Waals surface area contributed by atoms with E-state index in [9.17, 15) is 13.2 Å². The maximum absolute atomic E-state index is 12.7. The zero-order valence-electron chi connectivity index (χ0n) is 14.7. The summed E-state index contributed by atoms with van der Waals surface area (Å²) in [5, 5.41) is 0. The zero-order chi connectivity index (χ0) is 18.6. The van der Waals surface area contributed by atoms with Gasteiger partial charge in [0.2, 0.25) is 10.0 Å². The molecule has 2 aromatic rings. The third-order valence-electron chi connectivity index (χ3n) is 4.04. The van der Waals surface area contributed by atoms with Crippen LogP contribution in [0, 0.1) is 13.8 Å². The molecule has 0 aliphatic carbocycles. The number of hydrogen-bond acceptors (Lipinski definition) is 3. The molecule has 1 unspecified atom stereocenters. The van der Waals surface area contributed by atoms with Gasteiger partial charge in [-0.25, -0.2) is 8.42 Å². The van der Waals surface area contributed by atoms with Gasteiger partial charge in [-0.15, -0.1) is 0 Å². The number of ketones is 1. The maximum atomic E-state index is 12.7. The summed E-state index contributed by atoms with van der Waals surface area (Å²) in [4.78, 5) is 12.3. The van der Waals surface area contributed by atoms with Crippen molar-refractivity contribution in [2.24, 2.45) is 0 Å². The lowest BCUT2D eigenvalue weighted by Gasteiger charge is -2.21. The highest BCUT2D eigenvalue weighted by molar-refractivity contribution is 7.89. The number of rotatable bonds is 7. The minimum Gasteiger partial charge on any atom is -0.295 e. The van der Waals surface area contributed by atoms with Gasteiger partial charge in [0.25, 0.3) is 0 Å². The van der Waals surface area contributed by atoms with Crippen molar-refractivity contribution in [3.63, 3.8) is 0 Å². The third-order valence-corrected chi connectivity index (χ3v) is 5.48. The van der Waals surface area contributed by atoms with Crippen molar-refractivity contribution in [1.82, 2.24) is 4.72 Å². The van der Waals surface area contributed by atoms with Crippen molar-refractivity contribution in [3.8, 4) is 0 Å². The molecule has 1 N–H and O–H groups in total. The molecule has 0 aliphatic heterocycles. The van der Waals surface area contributed by atoms with Crippen molar-refractivity contribution in [2.75, 3.05) is 0 Å². The first-order chi connectivity index (χ1) is 11.7. The molecule has 5 heteroatoms. The predicted molar refractivity (Wildman–Crippen MR) is 99.9 cm³/mol. The summed E-state index contributed by atoms with van der Waals surface area (Å²) in [6.07, 6.45) is 0.271. The first-order valence-electron chi connectivity index (χ1n) is 8.12. The summed E-state index contributed by atoms with van der Waals surface area (Å²) in [6, 6.07) is 13.2. The Morgan fingerprint density at radius 3 is 1.96 bits per heavy atom. The molecule has 0 radical (unpaired) electrons. The van der Waals surface area contributed by atoms with E-state index in [-0.39, 0.29) is 22.7 Å². The summed E-state index contributed by atoms with van der Waals surface area (Å²) < 4.78 is 28.1. The fourth-order valence-electron chi connectivity index (χ4n) is 2.43. The summed E-state index contributed by atoms with van der Waals surface area (Å²) in [7, 11) is -3.78. The Bertz CT molecular complexity index is 866. The molecule has 0 heterocycles. The molecule has 2 rings (SSSR count). The highest BCUT2D eigenvalue weighted by Gasteiger charge is 2.26. The molecule has 0 aliphatic rings. The Kier molecular flexibility index (Phi) is 5.93. The van der Waals surface area contributed by atoms with Crippen molar-refractivity contribution in [1.29, 1.82) is 0 Å². The van der Waals surface area contributed by atoms with Crippen molar-refractivity contribution < 1.29 is 13.2 Å². The standard InChI is InChI=1S/C20H23NO3S/c1-5-19(22)16(4)20(17-10-6-14(2)7-11-17)21-25(23,24)18-12-8-15(3)9-13-18/h6-13,20-21H,4-5H2,1-3H3. The lowest BCUT2D eigenvalue weighted by atomic mass is 9.96. The molecular formula is C20H23NO3S. The Morgan fingerprint density at radius 2 is 1.48 bits per heavy atom. The van der Waals surface area contributed by atoms with Gasteiger partial charge in [-0.3, -0.25) is 4.79 Å². The zero-order valence-corrected chi connectivity index (χ0v) is 15.6. The second-order valence-corrected chi connectivity index (χ2v) is 7.79. The number of sulfonamides is 1. The van der Waals surface area contributed by atoms with Crippen LogP contribution in [0.1, 0.15) is 36.1 Å². The molecule has 4 nitrogen and oxygen atoms in total. The van der Waals surface area contributed by atoms with Crippen LogP contribution >= 0.6 is 0 Å². The first-order valence-corrected chi connectivity index (χ1v) is 9.60. The van der Waals surface area contributed by atoms with Crippen LogP contribution < -0.4 is 4.72 Å². The fraction of sp³-hybridized carbons (Fsp3) is 0.250. The van der Waals surface area contributed by atoms with Crippen LogP contribution in [0.3, 0.4) is 0 Å². The normalized spacial score (nSPS) is 12.6. The molecule has 0 saturated heterocycles. The molecular weight excluding hydrogens is 334 g/mol. The van der Waals surface area contributed by atoms with E-state index < -0.39 is 16.1 Å². The summed E-state index contributed by atoms with van der Waals surface area (Å²) >= 11 is 0. The largest absolute Gasteiger partial charge is 0.295 e. The van der Waals surface area contributed by atoms with E-state index in [1.165, 1.54) is 0 Å². The second kappa shape index (κ2) is 7.76. The van der Waals surface area contributed by atoms with Gasteiger partial charge in [0, 0.05) is 12.0 Å². The van der Waals surface area contributed by atoms with E-state index in [4.69, 9.17) is 0 Å². The number of aryl methyl sites for hydroxylation is 2. The second-order valence-electron chi connectivity index (χ2n) is 6.08. The fourth-order valence-corrected chi connectivity index (χ4v) is 3.65. The number of nitrogens with one attached hydrogen (secondary N) is 1. The molecule has 0 fully saturated rings. The van der Waals surface area contributed by atoms with Crippen LogP contribution in [0.4, 0.5) is 0 Å². The van der Waals surface area contributed by atoms with Crippen LogP contribution in [-0.2, 0) is 14.8 Å². The topological polar surface area (TPSA) is 63.2 Å².